The number of aryl methyl sites for hydroxylation is 1. The van der Waals surface area contributed by atoms with Crippen molar-refractivity contribution in [1.29, 1.82) is 0 Å². The van der Waals surface area contributed by atoms with Crippen LogP contribution in [-0.2, 0) is 12.8 Å². The predicted molar refractivity (Wildman–Crippen MR) is 99.6 cm³/mol. The number of fused-ring (bicyclic) bond motifs is 3. The molecule has 1 aliphatic carbocycles. The van der Waals surface area contributed by atoms with Crippen molar-refractivity contribution in [3.8, 4) is 16.9 Å². The lowest BCUT2D eigenvalue weighted by Gasteiger charge is -2.19. The molecule has 0 radical (unpaired) electrons. The van der Waals surface area contributed by atoms with Crippen LogP contribution in [0.1, 0.15) is 29.0 Å². The average molecular weight is 332 g/mol. The summed E-state index contributed by atoms with van der Waals surface area (Å²) in [7, 11) is 1.65. The van der Waals surface area contributed by atoms with E-state index in [0.29, 0.717) is 5.92 Å². The van der Waals surface area contributed by atoms with E-state index in [2.05, 4.69) is 48.5 Å². The van der Waals surface area contributed by atoms with Gasteiger partial charge >= 0.3 is 0 Å². The van der Waals surface area contributed by atoms with Crippen LogP contribution < -0.4 is 4.74 Å². The Morgan fingerprint density at radius 2 is 1.72 bits per heavy atom. The molecule has 0 saturated carbocycles. The molecule has 1 aliphatic rings. The number of benzene rings is 3. The van der Waals surface area contributed by atoms with Gasteiger partial charge < -0.3 is 4.74 Å². The molecule has 0 saturated heterocycles. The van der Waals surface area contributed by atoms with E-state index in [4.69, 9.17) is 4.74 Å². The number of hydrogen-bond donors (Lipinski definition) is 0. The molecular weight excluding hydrogens is 311 g/mol. The average Bonchev–Trinajstić information content (AvgIpc) is 2.80. The number of ether oxygens (including phenoxy) is 1. The molecule has 0 aliphatic heterocycles. The third-order valence-corrected chi connectivity index (χ3v) is 5.18. The Morgan fingerprint density at radius 3 is 2.56 bits per heavy atom. The van der Waals surface area contributed by atoms with Crippen molar-refractivity contribution >= 4 is 0 Å². The van der Waals surface area contributed by atoms with Gasteiger partial charge in [-0.15, -0.1) is 0 Å². The molecule has 0 aromatic heterocycles. The van der Waals surface area contributed by atoms with Gasteiger partial charge in [0.05, 0.1) is 7.11 Å². The monoisotopic (exact) mass is 332 g/mol. The Bertz CT molecular complexity index is 900. The zero-order valence-electron chi connectivity index (χ0n) is 14.3. The second-order valence-corrected chi connectivity index (χ2v) is 6.64. The van der Waals surface area contributed by atoms with Crippen LogP contribution in [0.15, 0.2) is 66.7 Å². The first-order chi connectivity index (χ1) is 12.3. The van der Waals surface area contributed by atoms with Crippen LogP contribution >= 0.6 is 0 Å². The van der Waals surface area contributed by atoms with E-state index < -0.39 is 0 Å². The minimum absolute atomic E-state index is 0.207. The summed E-state index contributed by atoms with van der Waals surface area (Å²) >= 11 is 0. The molecule has 1 nitrogen and oxygen atoms in total. The van der Waals surface area contributed by atoms with E-state index in [1.165, 1.54) is 28.3 Å². The second-order valence-electron chi connectivity index (χ2n) is 6.64. The summed E-state index contributed by atoms with van der Waals surface area (Å²) in [6.07, 6.45) is 2.87. The van der Waals surface area contributed by atoms with Crippen LogP contribution in [0.25, 0.3) is 11.1 Å². The first kappa shape index (κ1) is 15.9. The highest BCUT2D eigenvalue weighted by atomic mass is 19.1. The van der Waals surface area contributed by atoms with E-state index in [-0.39, 0.29) is 5.82 Å². The molecule has 1 atom stereocenters. The van der Waals surface area contributed by atoms with Crippen molar-refractivity contribution in [2.24, 2.45) is 0 Å². The first-order valence-corrected chi connectivity index (χ1v) is 8.76. The van der Waals surface area contributed by atoms with Crippen LogP contribution in [0.5, 0.6) is 5.75 Å². The molecule has 126 valence electrons. The number of rotatable bonds is 3. The van der Waals surface area contributed by atoms with Crippen LogP contribution in [-0.4, -0.2) is 7.11 Å². The fourth-order valence-electron chi connectivity index (χ4n) is 3.97. The molecule has 3 aromatic carbocycles. The zero-order valence-corrected chi connectivity index (χ0v) is 14.3. The van der Waals surface area contributed by atoms with Crippen LogP contribution in [0.4, 0.5) is 4.39 Å². The molecule has 0 heterocycles. The largest absolute Gasteiger partial charge is 0.496 e. The summed E-state index contributed by atoms with van der Waals surface area (Å²) in [5, 5.41) is 0. The number of halogens is 1. The van der Waals surface area contributed by atoms with Crippen molar-refractivity contribution in [2.45, 2.75) is 25.2 Å². The van der Waals surface area contributed by atoms with Gasteiger partial charge in [0.2, 0.25) is 0 Å². The SMILES string of the molecule is COc1ccc(F)cc1CC1CCc2ccccc2-c2ccccc21. The molecule has 4 rings (SSSR count). The summed E-state index contributed by atoms with van der Waals surface area (Å²) in [6, 6.07) is 22.0. The highest BCUT2D eigenvalue weighted by molar-refractivity contribution is 5.72. The molecule has 1 unspecified atom stereocenters. The lowest BCUT2D eigenvalue weighted by molar-refractivity contribution is 0.406. The normalized spacial score (nSPS) is 15.8. The number of methoxy groups -OCH3 is 1. The molecule has 0 amide bonds. The van der Waals surface area contributed by atoms with Gasteiger partial charge in [0, 0.05) is 0 Å². The molecule has 0 N–H and O–H groups in total. The minimum atomic E-state index is -0.207. The van der Waals surface area contributed by atoms with Crippen LogP contribution in [0, 0.1) is 5.82 Å². The van der Waals surface area contributed by atoms with E-state index >= 15 is 0 Å². The lowest BCUT2D eigenvalue weighted by atomic mass is 9.86. The molecule has 3 aromatic rings. The third-order valence-electron chi connectivity index (χ3n) is 5.18. The zero-order chi connectivity index (χ0) is 17.2. The summed E-state index contributed by atoms with van der Waals surface area (Å²) < 4.78 is 19.2. The highest BCUT2D eigenvalue weighted by Crippen LogP contribution is 2.40. The number of hydrogen-bond acceptors (Lipinski definition) is 1. The van der Waals surface area contributed by atoms with Gasteiger partial charge in [-0.05, 0) is 71.2 Å². The summed E-state index contributed by atoms with van der Waals surface area (Å²) in [4.78, 5) is 0. The van der Waals surface area contributed by atoms with Crippen molar-refractivity contribution in [3.63, 3.8) is 0 Å². The van der Waals surface area contributed by atoms with Crippen molar-refractivity contribution < 1.29 is 9.13 Å². The first-order valence-electron chi connectivity index (χ1n) is 8.76. The standard InChI is InChI=1S/C23H21FO/c1-25-23-13-12-19(24)15-18(23)14-17-11-10-16-6-2-3-7-20(16)22-9-5-4-8-21(17)22/h2-9,12-13,15,17H,10-11,14H2,1H3. The molecular formula is C23H21FO. The van der Waals surface area contributed by atoms with Crippen LogP contribution in [0.3, 0.4) is 0 Å². The summed E-state index contributed by atoms with van der Waals surface area (Å²) in [5.74, 6) is 0.904. The van der Waals surface area contributed by atoms with E-state index in [1.54, 1.807) is 19.2 Å². The highest BCUT2D eigenvalue weighted by Gasteiger charge is 2.23. The lowest BCUT2D eigenvalue weighted by Crippen LogP contribution is -2.06. The quantitative estimate of drug-likeness (QED) is 0.591. The van der Waals surface area contributed by atoms with Crippen LogP contribution in [0.2, 0.25) is 0 Å². The van der Waals surface area contributed by atoms with Crippen molar-refractivity contribution in [2.75, 3.05) is 7.11 Å². The van der Waals surface area contributed by atoms with Gasteiger partial charge in [0.25, 0.3) is 0 Å². The van der Waals surface area contributed by atoms with Gasteiger partial charge in [-0.2, -0.15) is 0 Å². The Hall–Kier alpha value is -2.61. The van der Waals surface area contributed by atoms with E-state index in [1.807, 2.05) is 0 Å². The second kappa shape index (κ2) is 6.72. The Labute approximate surface area is 148 Å². The maximum atomic E-state index is 13.8. The molecule has 25 heavy (non-hydrogen) atoms. The molecule has 0 bridgehead atoms. The minimum Gasteiger partial charge on any atom is -0.496 e. The smallest absolute Gasteiger partial charge is 0.123 e. The summed E-state index contributed by atoms with van der Waals surface area (Å²) in [5.41, 5.74) is 6.30. The molecule has 0 fully saturated rings. The van der Waals surface area contributed by atoms with Gasteiger partial charge in [0.15, 0.2) is 0 Å². The third kappa shape index (κ3) is 3.05. The summed E-state index contributed by atoms with van der Waals surface area (Å²) in [6.45, 7) is 0. The Kier molecular flexibility index (Phi) is 4.27. The Morgan fingerprint density at radius 1 is 0.960 bits per heavy atom. The fourth-order valence-corrected chi connectivity index (χ4v) is 3.97. The van der Waals surface area contributed by atoms with Crippen molar-refractivity contribution in [1.82, 2.24) is 0 Å². The van der Waals surface area contributed by atoms with Crippen molar-refractivity contribution in [3.05, 3.63) is 89.2 Å². The van der Waals surface area contributed by atoms with E-state index in [0.717, 1.165) is 30.6 Å². The maximum Gasteiger partial charge on any atom is 0.123 e. The Balaban J connectivity index is 1.77. The van der Waals surface area contributed by atoms with E-state index in [9.17, 15) is 4.39 Å². The van der Waals surface area contributed by atoms with Gasteiger partial charge in [0.1, 0.15) is 11.6 Å². The maximum absolute atomic E-state index is 13.8. The topological polar surface area (TPSA) is 9.23 Å². The molecule has 2 heteroatoms. The van der Waals surface area contributed by atoms with Gasteiger partial charge in [-0.1, -0.05) is 48.5 Å². The fraction of sp³-hybridized carbons (Fsp3) is 0.217. The molecule has 0 spiro atoms. The predicted octanol–water partition coefficient (Wildman–Crippen LogP) is 5.77. The van der Waals surface area contributed by atoms with Gasteiger partial charge in [-0.25, -0.2) is 4.39 Å². The van der Waals surface area contributed by atoms with Gasteiger partial charge in [-0.3, -0.25) is 0 Å².